The molecule has 0 saturated carbocycles. The Bertz CT molecular complexity index is 269. The predicted molar refractivity (Wildman–Crippen MR) is 77.9 cm³/mol. The van der Waals surface area contributed by atoms with Crippen LogP contribution in [-0.2, 0) is 9.59 Å². The largest absolute Gasteiger partial charge is 0.355 e. The molecule has 3 N–H and O–H groups in total. The van der Waals surface area contributed by atoms with E-state index in [1.807, 2.05) is 6.92 Å². The molecule has 0 heterocycles. The molecule has 0 bridgehead atoms. The van der Waals surface area contributed by atoms with E-state index in [-0.39, 0.29) is 23.9 Å². The summed E-state index contributed by atoms with van der Waals surface area (Å²) in [6, 6.07) is -0.716. The second-order valence-corrected chi connectivity index (χ2v) is 4.90. The molecular formula is C14H29N3O2. The fourth-order valence-electron chi connectivity index (χ4n) is 1.67. The third-order valence-electron chi connectivity index (χ3n) is 2.92. The lowest BCUT2D eigenvalue weighted by Crippen LogP contribution is -2.51. The number of amides is 2. The molecule has 0 aliphatic carbocycles. The first kappa shape index (κ1) is 17.9. The van der Waals surface area contributed by atoms with Gasteiger partial charge in [-0.05, 0) is 26.7 Å². The monoisotopic (exact) mass is 271 g/mol. The Morgan fingerprint density at radius 1 is 0.842 bits per heavy atom. The average Bonchev–Trinajstić information content (AvgIpc) is 2.40. The van der Waals surface area contributed by atoms with Gasteiger partial charge in [-0.25, -0.2) is 0 Å². The van der Waals surface area contributed by atoms with Gasteiger partial charge in [-0.3, -0.25) is 14.9 Å². The molecule has 112 valence electrons. The molecule has 0 aromatic heterocycles. The summed E-state index contributed by atoms with van der Waals surface area (Å²) in [6.07, 6.45) is 4.17. The molecule has 5 heteroatoms. The van der Waals surface area contributed by atoms with Gasteiger partial charge in [0.2, 0.25) is 11.8 Å². The smallest absolute Gasteiger partial charge is 0.236 e. The average molecular weight is 271 g/mol. The van der Waals surface area contributed by atoms with Gasteiger partial charge >= 0.3 is 0 Å². The minimum absolute atomic E-state index is 0.0498. The Hall–Kier alpha value is -1.10. The molecule has 0 aromatic carbocycles. The summed E-state index contributed by atoms with van der Waals surface area (Å²) in [4.78, 5) is 23.4. The lowest BCUT2D eigenvalue weighted by molar-refractivity contribution is -0.125. The zero-order valence-electron chi connectivity index (χ0n) is 12.7. The van der Waals surface area contributed by atoms with Crippen molar-refractivity contribution in [2.75, 3.05) is 13.1 Å². The molecule has 0 radical (unpaired) electrons. The molecule has 0 aromatic rings. The highest BCUT2D eigenvalue weighted by atomic mass is 16.2. The van der Waals surface area contributed by atoms with Crippen molar-refractivity contribution in [2.45, 2.75) is 65.5 Å². The SMILES string of the molecule is CCCCCNC(=O)C(C)NC(C)C(=O)NCCC. The molecule has 0 fully saturated rings. The molecular weight excluding hydrogens is 242 g/mol. The van der Waals surface area contributed by atoms with Crippen LogP contribution in [0.2, 0.25) is 0 Å². The molecule has 0 spiro atoms. The maximum Gasteiger partial charge on any atom is 0.236 e. The van der Waals surface area contributed by atoms with Crippen molar-refractivity contribution in [1.82, 2.24) is 16.0 Å². The Morgan fingerprint density at radius 3 is 1.84 bits per heavy atom. The Kier molecular flexibility index (Phi) is 10.2. The number of hydrogen-bond donors (Lipinski definition) is 3. The van der Waals surface area contributed by atoms with Gasteiger partial charge in [-0.2, -0.15) is 0 Å². The summed E-state index contributed by atoms with van der Waals surface area (Å²) < 4.78 is 0. The molecule has 2 atom stereocenters. The minimum Gasteiger partial charge on any atom is -0.355 e. The summed E-state index contributed by atoms with van der Waals surface area (Å²) in [6.45, 7) is 9.05. The van der Waals surface area contributed by atoms with Crippen LogP contribution in [0, 0.1) is 0 Å². The summed E-state index contributed by atoms with van der Waals surface area (Å²) in [5.74, 6) is -0.112. The van der Waals surface area contributed by atoms with Crippen LogP contribution in [0.15, 0.2) is 0 Å². The van der Waals surface area contributed by atoms with E-state index in [9.17, 15) is 9.59 Å². The lowest BCUT2D eigenvalue weighted by Gasteiger charge is -2.19. The van der Waals surface area contributed by atoms with Gasteiger partial charge in [0.15, 0.2) is 0 Å². The molecule has 5 nitrogen and oxygen atoms in total. The highest BCUT2D eigenvalue weighted by Crippen LogP contribution is 1.93. The third-order valence-corrected chi connectivity index (χ3v) is 2.92. The summed E-state index contributed by atoms with van der Waals surface area (Å²) in [5.41, 5.74) is 0. The van der Waals surface area contributed by atoms with Crippen LogP contribution in [0.5, 0.6) is 0 Å². The van der Waals surface area contributed by atoms with E-state index >= 15 is 0 Å². The van der Waals surface area contributed by atoms with Crippen LogP contribution in [-0.4, -0.2) is 37.0 Å². The van der Waals surface area contributed by atoms with Crippen molar-refractivity contribution in [2.24, 2.45) is 0 Å². The first-order valence-corrected chi connectivity index (χ1v) is 7.34. The fourth-order valence-corrected chi connectivity index (χ4v) is 1.67. The zero-order valence-corrected chi connectivity index (χ0v) is 12.7. The van der Waals surface area contributed by atoms with E-state index in [0.717, 1.165) is 25.7 Å². The number of hydrogen-bond acceptors (Lipinski definition) is 3. The number of nitrogens with one attached hydrogen (secondary N) is 3. The number of carbonyl (C=O) groups excluding carboxylic acids is 2. The van der Waals surface area contributed by atoms with Crippen LogP contribution in [0.25, 0.3) is 0 Å². The molecule has 2 unspecified atom stereocenters. The molecule has 0 saturated heterocycles. The van der Waals surface area contributed by atoms with Gasteiger partial charge in [0.25, 0.3) is 0 Å². The van der Waals surface area contributed by atoms with Gasteiger partial charge in [0, 0.05) is 13.1 Å². The van der Waals surface area contributed by atoms with E-state index in [0.29, 0.717) is 13.1 Å². The van der Waals surface area contributed by atoms with Gasteiger partial charge in [0.05, 0.1) is 12.1 Å². The predicted octanol–water partition coefficient (Wildman–Crippen LogP) is 1.19. The summed E-state index contributed by atoms with van der Waals surface area (Å²) >= 11 is 0. The molecule has 19 heavy (non-hydrogen) atoms. The van der Waals surface area contributed by atoms with Crippen molar-refractivity contribution < 1.29 is 9.59 Å². The normalized spacial score (nSPS) is 13.7. The molecule has 0 rings (SSSR count). The second kappa shape index (κ2) is 10.8. The number of carbonyl (C=O) groups is 2. The Labute approximate surface area is 116 Å². The van der Waals surface area contributed by atoms with Crippen LogP contribution >= 0.6 is 0 Å². The topological polar surface area (TPSA) is 70.2 Å². The van der Waals surface area contributed by atoms with Gasteiger partial charge in [0.1, 0.15) is 0 Å². The van der Waals surface area contributed by atoms with Gasteiger partial charge in [-0.15, -0.1) is 0 Å². The quantitative estimate of drug-likeness (QED) is 0.523. The van der Waals surface area contributed by atoms with E-state index in [1.165, 1.54) is 0 Å². The van der Waals surface area contributed by atoms with Crippen molar-refractivity contribution in [3.63, 3.8) is 0 Å². The zero-order chi connectivity index (χ0) is 14.7. The molecule has 0 aliphatic rings. The fraction of sp³-hybridized carbons (Fsp3) is 0.857. The summed E-state index contributed by atoms with van der Waals surface area (Å²) in [7, 11) is 0. The highest BCUT2D eigenvalue weighted by molar-refractivity contribution is 5.84. The van der Waals surface area contributed by atoms with E-state index < -0.39 is 0 Å². The van der Waals surface area contributed by atoms with Crippen LogP contribution < -0.4 is 16.0 Å². The minimum atomic E-state index is -0.358. The van der Waals surface area contributed by atoms with Crippen molar-refractivity contribution in [3.05, 3.63) is 0 Å². The van der Waals surface area contributed by atoms with E-state index in [2.05, 4.69) is 22.9 Å². The third kappa shape index (κ3) is 8.59. The van der Waals surface area contributed by atoms with Crippen LogP contribution in [0.4, 0.5) is 0 Å². The van der Waals surface area contributed by atoms with Gasteiger partial charge in [-0.1, -0.05) is 26.7 Å². The first-order chi connectivity index (χ1) is 9.02. The molecule has 2 amide bonds. The van der Waals surface area contributed by atoms with Crippen molar-refractivity contribution in [3.8, 4) is 0 Å². The first-order valence-electron chi connectivity index (χ1n) is 7.34. The second-order valence-electron chi connectivity index (χ2n) is 4.90. The van der Waals surface area contributed by atoms with Crippen LogP contribution in [0.3, 0.4) is 0 Å². The Balaban J connectivity index is 3.89. The highest BCUT2D eigenvalue weighted by Gasteiger charge is 2.18. The molecule has 0 aliphatic heterocycles. The maximum absolute atomic E-state index is 11.8. The van der Waals surface area contributed by atoms with E-state index in [4.69, 9.17) is 0 Å². The van der Waals surface area contributed by atoms with Crippen molar-refractivity contribution in [1.29, 1.82) is 0 Å². The van der Waals surface area contributed by atoms with Gasteiger partial charge < -0.3 is 10.6 Å². The maximum atomic E-state index is 11.8. The summed E-state index contributed by atoms with van der Waals surface area (Å²) in [5, 5.41) is 8.68. The lowest BCUT2D eigenvalue weighted by atomic mass is 10.2. The standard InChI is InChI=1S/C14H29N3O2/c1-5-7-8-10-16-14(19)12(4)17-11(3)13(18)15-9-6-2/h11-12,17H,5-10H2,1-4H3,(H,15,18)(H,16,19). The van der Waals surface area contributed by atoms with E-state index in [1.54, 1.807) is 13.8 Å². The van der Waals surface area contributed by atoms with Crippen LogP contribution in [0.1, 0.15) is 53.4 Å². The Morgan fingerprint density at radius 2 is 1.37 bits per heavy atom. The number of unbranched alkanes of at least 4 members (excludes halogenated alkanes) is 2. The number of rotatable bonds is 10. The van der Waals surface area contributed by atoms with Crippen molar-refractivity contribution >= 4 is 11.8 Å².